The lowest BCUT2D eigenvalue weighted by Crippen LogP contribution is -2.54. The first-order chi connectivity index (χ1) is 14.4. The van der Waals surface area contributed by atoms with E-state index in [-0.39, 0.29) is 17.5 Å². The predicted octanol–water partition coefficient (Wildman–Crippen LogP) is 3.98. The Balaban J connectivity index is 1.27. The highest BCUT2D eigenvalue weighted by Crippen LogP contribution is 2.56. The molecule has 7 heteroatoms. The number of nitrogens with one attached hydrogen (secondary N) is 2. The summed E-state index contributed by atoms with van der Waals surface area (Å²) in [7, 11) is 0. The second-order valence-electron chi connectivity index (χ2n) is 10.8. The summed E-state index contributed by atoms with van der Waals surface area (Å²) in [5.41, 5.74) is 1.32. The van der Waals surface area contributed by atoms with Crippen LogP contribution < -0.4 is 15.5 Å². The topological polar surface area (TPSA) is 90.4 Å². The van der Waals surface area contributed by atoms with Crippen LogP contribution in [0.15, 0.2) is 12.3 Å². The molecule has 164 valence electrons. The molecular formula is C23H35N5O2. The standard InChI is InChI=1S/C23H35N5O2/c1-14(2)21(25-22(29)30)18-3-4-28(13-18)19-8-20(27-24-12-19)26-23-9-15-5-16(10-23)7-17(6-15)11-23/h8,12,14-18,21,25H,3-7,9-11,13H2,1-2H3,(H,26,27)(H,29,30)/t15?,16?,17?,18?,21-,23?/m1/s1. The monoisotopic (exact) mass is 413 g/mol. The Bertz CT molecular complexity index is 762. The summed E-state index contributed by atoms with van der Waals surface area (Å²) in [5.74, 6) is 4.18. The molecule has 1 aromatic heterocycles. The van der Waals surface area contributed by atoms with E-state index >= 15 is 0 Å². The Morgan fingerprint density at radius 2 is 1.87 bits per heavy atom. The second kappa shape index (κ2) is 7.57. The van der Waals surface area contributed by atoms with Crippen molar-refractivity contribution in [2.75, 3.05) is 23.3 Å². The maximum absolute atomic E-state index is 11.2. The molecule has 2 atom stereocenters. The average molecular weight is 414 g/mol. The highest BCUT2D eigenvalue weighted by atomic mass is 16.4. The molecule has 4 bridgehead atoms. The molecule has 6 rings (SSSR count). The number of hydrogen-bond donors (Lipinski definition) is 3. The van der Waals surface area contributed by atoms with E-state index in [0.717, 1.165) is 48.8 Å². The van der Waals surface area contributed by atoms with Gasteiger partial charge < -0.3 is 20.6 Å². The van der Waals surface area contributed by atoms with Crippen molar-refractivity contribution < 1.29 is 9.90 Å². The first-order valence-corrected chi connectivity index (χ1v) is 11.7. The fourth-order valence-electron chi connectivity index (χ4n) is 7.41. The molecule has 1 aromatic rings. The fraction of sp³-hybridized carbons (Fsp3) is 0.783. The largest absolute Gasteiger partial charge is 0.465 e. The molecule has 5 fully saturated rings. The molecule has 0 spiro atoms. The lowest BCUT2D eigenvalue weighted by Gasteiger charge is -2.57. The molecule has 1 unspecified atom stereocenters. The lowest BCUT2D eigenvalue weighted by atomic mass is 9.53. The average Bonchev–Trinajstić information content (AvgIpc) is 3.14. The van der Waals surface area contributed by atoms with Crippen molar-refractivity contribution in [1.29, 1.82) is 0 Å². The van der Waals surface area contributed by atoms with Crippen molar-refractivity contribution >= 4 is 17.6 Å². The van der Waals surface area contributed by atoms with Crippen molar-refractivity contribution in [3.63, 3.8) is 0 Å². The molecule has 4 saturated carbocycles. The zero-order valence-corrected chi connectivity index (χ0v) is 18.2. The minimum absolute atomic E-state index is 0.0214. The van der Waals surface area contributed by atoms with Gasteiger partial charge in [-0.3, -0.25) is 0 Å². The van der Waals surface area contributed by atoms with Crippen LogP contribution in [0.2, 0.25) is 0 Å². The van der Waals surface area contributed by atoms with Gasteiger partial charge >= 0.3 is 6.09 Å². The van der Waals surface area contributed by atoms with Gasteiger partial charge in [-0.1, -0.05) is 13.8 Å². The zero-order valence-electron chi connectivity index (χ0n) is 18.2. The third-order valence-corrected chi connectivity index (χ3v) is 8.18. The second-order valence-corrected chi connectivity index (χ2v) is 10.8. The quantitative estimate of drug-likeness (QED) is 0.654. The van der Waals surface area contributed by atoms with Crippen molar-refractivity contribution in [3.05, 3.63) is 12.3 Å². The maximum Gasteiger partial charge on any atom is 0.404 e. The Labute approximate surface area is 179 Å². The summed E-state index contributed by atoms with van der Waals surface area (Å²) in [6.07, 6.45) is 10.1. The molecule has 7 nitrogen and oxygen atoms in total. The van der Waals surface area contributed by atoms with Gasteiger partial charge in [0.15, 0.2) is 5.82 Å². The highest BCUT2D eigenvalue weighted by molar-refractivity contribution is 5.65. The first-order valence-electron chi connectivity index (χ1n) is 11.7. The van der Waals surface area contributed by atoms with E-state index in [9.17, 15) is 9.90 Å². The summed E-state index contributed by atoms with van der Waals surface area (Å²) in [6.45, 7) is 5.96. The van der Waals surface area contributed by atoms with Crippen LogP contribution in [-0.4, -0.2) is 46.1 Å². The van der Waals surface area contributed by atoms with Gasteiger partial charge in [-0.25, -0.2) is 4.79 Å². The minimum atomic E-state index is -0.931. The maximum atomic E-state index is 11.2. The molecule has 30 heavy (non-hydrogen) atoms. The molecule has 1 amide bonds. The molecule has 3 N–H and O–H groups in total. The highest BCUT2D eigenvalue weighted by Gasteiger charge is 2.51. The Hall–Kier alpha value is -2.05. The van der Waals surface area contributed by atoms with E-state index in [0.29, 0.717) is 5.92 Å². The Kier molecular flexibility index (Phi) is 5.02. The van der Waals surface area contributed by atoms with Crippen molar-refractivity contribution in [1.82, 2.24) is 15.5 Å². The molecular weight excluding hydrogens is 378 g/mol. The predicted molar refractivity (Wildman–Crippen MR) is 117 cm³/mol. The number of rotatable bonds is 6. The summed E-state index contributed by atoms with van der Waals surface area (Å²) in [6, 6.07) is 2.13. The molecule has 0 aromatic carbocycles. The Morgan fingerprint density at radius 3 is 2.47 bits per heavy atom. The third-order valence-electron chi connectivity index (χ3n) is 8.18. The Morgan fingerprint density at radius 1 is 1.20 bits per heavy atom. The van der Waals surface area contributed by atoms with Crippen LogP contribution >= 0.6 is 0 Å². The molecule has 5 aliphatic rings. The van der Waals surface area contributed by atoms with Crippen LogP contribution in [0, 0.1) is 29.6 Å². The van der Waals surface area contributed by atoms with Crippen LogP contribution in [0.3, 0.4) is 0 Å². The van der Waals surface area contributed by atoms with Crippen LogP contribution in [-0.2, 0) is 0 Å². The van der Waals surface area contributed by atoms with E-state index in [2.05, 4.69) is 45.6 Å². The molecule has 2 heterocycles. The van der Waals surface area contributed by atoms with Crippen molar-refractivity contribution in [2.45, 2.75) is 70.4 Å². The number of carbonyl (C=O) groups is 1. The number of anilines is 2. The summed E-state index contributed by atoms with van der Waals surface area (Å²) in [5, 5.41) is 24.5. The summed E-state index contributed by atoms with van der Waals surface area (Å²) < 4.78 is 0. The molecule has 4 aliphatic carbocycles. The van der Waals surface area contributed by atoms with E-state index < -0.39 is 6.09 Å². The van der Waals surface area contributed by atoms with Gasteiger partial charge in [0, 0.05) is 30.7 Å². The van der Waals surface area contributed by atoms with Crippen LogP contribution in [0.25, 0.3) is 0 Å². The van der Waals surface area contributed by atoms with Crippen molar-refractivity contribution in [2.24, 2.45) is 29.6 Å². The van der Waals surface area contributed by atoms with Gasteiger partial charge in [0.2, 0.25) is 0 Å². The van der Waals surface area contributed by atoms with Gasteiger partial charge in [-0.15, -0.1) is 5.10 Å². The van der Waals surface area contributed by atoms with Gasteiger partial charge in [0.1, 0.15) is 0 Å². The lowest BCUT2D eigenvalue weighted by molar-refractivity contribution is 0.0105. The summed E-state index contributed by atoms with van der Waals surface area (Å²) in [4.78, 5) is 13.6. The molecule has 1 aliphatic heterocycles. The smallest absolute Gasteiger partial charge is 0.404 e. The first kappa shape index (κ1) is 19.9. The number of carboxylic acid groups (broad SMARTS) is 1. The van der Waals surface area contributed by atoms with Gasteiger partial charge in [-0.05, 0) is 74.5 Å². The van der Waals surface area contributed by atoms with E-state index in [1.54, 1.807) is 0 Å². The normalized spacial score (nSPS) is 35.6. The van der Waals surface area contributed by atoms with Gasteiger partial charge in [-0.2, -0.15) is 5.10 Å². The van der Waals surface area contributed by atoms with Crippen LogP contribution in [0.1, 0.15) is 58.8 Å². The number of nitrogens with zero attached hydrogens (tertiary/aromatic N) is 3. The van der Waals surface area contributed by atoms with E-state index in [1.165, 1.54) is 38.5 Å². The molecule has 1 saturated heterocycles. The molecule has 0 radical (unpaired) electrons. The number of aromatic nitrogens is 2. The van der Waals surface area contributed by atoms with E-state index in [1.807, 2.05) is 6.20 Å². The van der Waals surface area contributed by atoms with Crippen LogP contribution in [0.5, 0.6) is 0 Å². The zero-order chi connectivity index (χ0) is 20.9. The fourth-order valence-corrected chi connectivity index (χ4v) is 7.41. The van der Waals surface area contributed by atoms with E-state index in [4.69, 9.17) is 0 Å². The third kappa shape index (κ3) is 3.83. The van der Waals surface area contributed by atoms with Crippen molar-refractivity contribution in [3.8, 4) is 0 Å². The minimum Gasteiger partial charge on any atom is -0.465 e. The van der Waals surface area contributed by atoms with Gasteiger partial charge in [0.25, 0.3) is 0 Å². The SMILES string of the molecule is CC(C)[C@@H](NC(=O)O)C1CCN(c2cnnc(NC34CC5CC(CC(C5)C3)C4)c2)C1. The van der Waals surface area contributed by atoms with Crippen LogP contribution in [0.4, 0.5) is 16.3 Å². The van der Waals surface area contributed by atoms with Gasteiger partial charge in [0.05, 0.1) is 11.9 Å². The number of hydrogen-bond acceptors (Lipinski definition) is 5. The summed E-state index contributed by atoms with van der Waals surface area (Å²) >= 11 is 0. The number of amides is 1.